The molecule has 0 unspecified atom stereocenters. The molecule has 0 spiro atoms. The van der Waals surface area contributed by atoms with Crippen molar-refractivity contribution < 1.29 is 14.7 Å². The summed E-state index contributed by atoms with van der Waals surface area (Å²) in [5.74, 6) is -1.36. The van der Waals surface area contributed by atoms with Crippen LogP contribution in [-0.4, -0.2) is 23.2 Å². The number of hydrogen-bond acceptors (Lipinski definition) is 4. The highest BCUT2D eigenvalue weighted by Crippen LogP contribution is 2.08. The summed E-state index contributed by atoms with van der Waals surface area (Å²) in [6, 6.07) is 9.87. The lowest BCUT2D eigenvalue weighted by Crippen LogP contribution is -2.16. The topological polar surface area (TPSA) is 78.8 Å². The van der Waals surface area contributed by atoms with Gasteiger partial charge in [-0.2, -0.15) is 5.10 Å². The van der Waals surface area contributed by atoms with Crippen molar-refractivity contribution in [1.29, 1.82) is 0 Å². The quantitative estimate of drug-likeness (QED) is 0.662. The van der Waals surface area contributed by atoms with Gasteiger partial charge in [-0.25, -0.2) is 10.2 Å². The van der Waals surface area contributed by atoms with E-state index in [0.717, 1.165) is 0 Å². The van der Waals surface area contributed by atoms with Crippen LogP contribution in [0.15, 0.2) is 46.9 Å². The van der Waals surface area contributed by atoms with Crippen LogP contribution in [0.3, 0.4) is 0 Å². The SMILES string of the molecule is O=C(N/N=C\c1ccccc1C(=O)O)c1cccs1. The molecule has 6 heteroatoms. The third-order valence-corrected chi connectivity index (χ3v) is 3.17. The second-order valence-corrected chi connectivity index (χ2v) is 4.52. The molecular formula is C13H10N2O3S. The van der Waals surface area contributed by atoms with E-state index in [4.69, 9.17) is 5.11 Å². The minimum atomic E-state index is -1.04. The van der Waals surface area contributed by atoms with Gasteiger partial charge < -0.3 is 5.11 Å². The van der Waals surface area contributed by atoms with Crippen molar-refractivity contribution in [2.24, 2.45) is 5.10 Å². The van der Waals surface area contributed by atoms with Crippen molar-refractivity contribution in [3.63, 3.8) is 0 Å². The Morgan fingerprint density at radius 2 is 2.00 bits per heavy atom. The van der Waals surface area contributed by atoms with Crippen LogP contribution in [0.1, 0.15) is 25.6 Å². The Kier molecular flexibility index (Phi) is 4.04. The average molecular weight is 274 g/mol. The molecule has 0 saturated carbocycles. The molecule has 0 aliphatic heterocycles. The van der Waals surface area contributed by atoms with Crippen molar-refractivity contribution in [3.05, 3.63) is 57.8 Å². The molecule has 96 valence electrons. The summed E-state index contributed by atoms with van der Waals surface area (Å²) >= 11 is 1.31. The Hall–Kier alpha value is -2.47. The van der Waals surface area contributed by atoms with Gasteiger partial charge in [0.25, 0.3) is 5.91 Å². The number of carboxylic acids is 1. The van der Waals surface area contributed by atoms with Gasteiger partial charge in [-0.3, -0.25) is 4.79 Å². The van der Waals surface area contributed by atoms with Crippen LogP contribution in [-0.2, 0) is 0 Å². The number of nitrogens with zero attached hydrogens (tertiary/aromatic N) is 1. The number of nitrogens with one attached hydrogen (secondary N) is 1. The fourth-order valence-corrected chi connectivity index (χ4v) is 2.04. The monoisotopic (exact) mass is 274 g/mol. The van der Waals surface area contributed by atoms with Crippen molar-refractivity contribution in [1.82, 2.24) is 5.43 Å². The van der Waals surface area contributed by atoms with Gasteiger partial charge in [0.2, 0.25) is 0 Å². The van der Waals surface area contributed by atoms with E-state index in [1.54, 1.807) is 35.7 Å². The van der Waals surface area contributed by atoms with Gasteiger partial charge in [0, 0.05) is 5.56 Å². The first-order valence-corrected chi connectivity index (χ1v) is 6.25. The zero-order valence-electron chi connectivity index (χ0n) is 9.74. The van der Waals surface area contributed by atoms with E-state index < -0.39 is 5.97 Å². The summed E-state index contributed by atoms with van der Waals surface area (Å²) in [7, 11) is 0. The normalized spacial score (nSPS) is 10.5. The maximum absolute atomic E-state index is 11.6. The van der Waals surface area contributed by atoms with Crippen molar-refractivity contribution >= 4 is 29.4 Å². The molecule has 1 heterocycles. The lowest BCUT2D eigenvalue weighted by atomic mass is 10.1. The first-order chi connectivity index (χ1) is 9.18. The molecule has 2 N–H and O–H groups in total. The summed E-state index contributed by atoms with van der Waals surface area (Å²) in [5.41, 5.74) is 2.92. The number of rotatable bonds is 4. The third-order valence-electron chi connectivity index (χ3n) is 2.31. The minimum absolute atomic E-state index is 0.136. The molecule has 1 aromatic carbocycles. The molecule has 0 aliphatic carbocycles. The summed E-state index contributed by atoms with van der Waals surface area (Å²) in [6.07, 6.45) is 1.31. The van der Waals surface area contributed by atoms with Crippen molar-refractivity contribution in [2.75, 3.05) is 0 Å². The minimum Gasteiger partial charge on any atom is -0.478 e. The van der Waals surface area contributed by atoms with Crippen LogP contribution < -0.4 is 5.43 Å². The first kappa shape index (κ1) is 13.0. The Morgan fingerprint density at radius 1 is 1.21 bits per heavy atom. The molecule has 1 amide bonds. The van der Waals surface area contributed by atoms with Gasteiger partial charge in [-0.1, -0.05) is 24.3 Å². The molecular weight excluding hydrogens is 264 g/mol. The Balaban J connectivity index is 2.07. The summed E-state index contributed by atoms with van der Waals surface area (Å²) in [5, 5.41) is 14.5. The predicted molar refractivity (Wildman–Crippen MR) is 72.8 cm³/mol. The summed E-state index contributed by atoms with van der Waals surface area (Å²) in [6.45, 7) is 0. The zero-order valence-corrected chi connectivity index (χ0v) is 10.6. The number of benzene rings is 1. The largest absolute Gasteiger partial charge is 0.478 e. The van der Waals surface area contributed by atoms with Crippen LogP contribution in [0.2, 0.25) is 0 Å². The molecule has 0 atom stereocenters. The highest BCUT2D eigenvalue weighted by Gasteiger charge is 2.07. The zero-order chi connectivity index (χ0) is 13.7. The van der Waals surface area contributed by atoms with Crippen LogP contribution >= 0.6 is 11.3 Å². The molecule has 0 bridgehead atoms. The van der Waals surface area contributed by atoms with Gasteiger partial charge in [-0.15, -0.1) is 11.3 Å². The fourth-order valence-electron chi connectivity index (χ4n) is 1.43. The molecule has 0 fully saturated rings. The van der Waals surface area contributed by atoms with Crippen molar-refractivity contribution in [2.45, 2.75) is 0 Å². The van der Waals surface area contributed by atoms with Gasteiger partial charge in [0.05, 0.1) is 16.7 Å². The number of carbonyl (C=O) groups is 2. The second kappa shape index (κ2) is 5.92. The Labute approximate surface area is 113 Å². The van der Waals surface area contributed by atoms with Crippen LogP contribution in [0.4, 0.5) is 0 Å². The van der Waals surface area contributed by atoms with Crippen LogP contribution in [0, 0.1) is 0 Å². The number of hydrazone groups is 1. The fraction of sp³-hybridized carbons (Fsp3) is 0. The number of hydrogen-bond donors (Lipinski definition) is 2. The van der Waals surface area contributed by atoms with E-state index >= 15 is 0 Å². The maximum atomic E-state index is 11.6. The first-order valence-electron chi connectivity index (χ1n) is 5.37. The van der Waals surface area contributed by atoms with E-state index in [1.165, 1.54) is 23.6 Å². The van der Waals surface area contributed by atoms with Crippen LogP contribution in [0.25, 0.3) is 0 Å². The Bertz CT molecular complexity index is 621. The van der Waals surface area contributed by atoms with Gasteiger partial charge in [-0.05, 0) is 17.5 Å². The molecule has 2 rings (SSSR count). The second-order valence-electron chi connectivity index (χ2n) is 3.57. The summed E-state index contributed by atoms with van der Waals surface area (Å²) < 4.78 is 0. The number of aromatic carboxylic acids is 1. The number of amides is 1. The van der Waals surface area contributed by atoms with Gasteiger partial charge >= 0.3 is 5.97 Å². The lowest BCUT2D eigenvalue weighted by molar-refractivity contribution is 0.0696. The van der Waals surface area contributed by atoms with Gasteiger partial charge in [0.15, 0.2) is 0 Å². The van der Waals surface area contributed by atoms with Gasteiger partial charge in [0.1, 0.15) is 0 Å². The number of carboxylic acid groups (broad SMARTS) is 1. The highest BCUT2D eigenvalue weighted by molar-refractivity contribution is 7.12. The highest BCUT2D eigenvalue weighted by atomic mass is 32.1. The molecule has 0 saturated heterocycles. The number of carbonyl (C=O) groups excluding carboxylic acids is 1. The summed E-state index contributed by atoms with van der Waals surface area (Å²) in [4.78, 5) is 23.1. The Morgan fingerprint density at radius 3 is 2.68 bits per heavy atom. The van der Waals surface area contributed by atoms with E-state index in [2.05, 4.69) is 10.5 Å². The van der Waals surface area contributed by atoms with E-state index in [-0.39, 0.29) is 11.5 Å². The molecule has 1 aromatic heterocycles. The molecule has 2 aromatic rings. The van der Waals surface area contributed by atoms with E-state index in [9.17, 15) is 9.59 Å². The molecule has 0 aliphatic rings. The van der Waals surface area contributed by atoms with E-state index in [1.807, 2.05) is 0 Å². The standard InChI is InChI=1S/C13H10N2O3S/c16-12(11-6-3-7-19-11)15-14-8-9-4-1-2-5-10(9)13(17)18/h1-8H,(H,15,16)(H,17,18)/b14-8-. The van der Waals surface area contributed by atoms with E-state index in [0.29, 0.717) is 10.4 Å². The molecule has 19 heavy (non-hydrogen) atoms. The third kappa shape index (κ3) is 3.26. The number of thiophene rings is 1. The lowest BCUT2D eigenvalue weighted by Gasteiger charge is -1.99. The van der Waals surface area contributed by atoms with Crippen LogP contribution in [0.5, 0.6) is 0 Å². The maximum Gasteiger partial charge on any atom is 0.336 e. The molecule has 5 nitrogen and oxygen atoms in total. The van der Waals surface area contributed by atoms with Crippen molar-refractivity contribution in [3.8, 4) is 0 Å². The average Bonchev–Trinajstić information content (AvgIpc) is 2.93. The smallest absolute Gasteiger partial charge is 0.336 e. The molecule has 0 radical (unpaired) electrons. The predicted octanol–water partition coefficient (Wildman–Crippen LogP) is 2.21.